The van der Waals surface area contributed by atoms with E-state index in [1.165, 1.54) is 9.80 Å². The van der Waals surface area contributed by atoms with Gasteiger partial charge < -0.3 is 24.3 Å². The van der Waals surface area contributed by atoms with Gasteiger partial charge in [-0.05, 0) is 48.4 Å². The Morgan fingerprint density at radius 1 is 1.00 bits per heavy atom. The van der Waals surface area contributed by atoms with E-state index >= 15 is 0 Å². The fourth-order valence-electron chi connectivity index (χ4n) is 4.76. The number of hydrogen-bond donors (Lipinski definition) is 0. The first-order valence-electron chi connectivity index (χ1n) is 11.8. The van der Waals surface area contributed by atoms with Gasteiger partial charge in [-0.3, -0.25) is 19.2 Å². The summed E-state index contributed by atoms with van der Waals surface area (Å²) in [5.41, 5.74) is 2.86. The second-order valence-electron chi connectivity index (χ2n) is 9.32. The molecule has 0 N–H and O–H groups in total. The molecule has 0 radical (unpaired) electrons. The summed E-state index contributed by atoms with van der Waals surface area (Å²) in [5.74, 6) is 0.203. The number of amides is 4. The second kappa shape index (κ2) is 9.05. The van der Waals surface area contributed by atoms with Gasteiger partial charge >= 0.3 is 0 Å². The van der Waals surface area contributed by atoms with Gasteiger partial charge in [0.2, 0.25) is 11.8 Å². The topological polar surface area (TPSA) is 90.5 Å². The number of fused-ring (bicyclic) bond motifs is 1. The zero-order valence-corrected chi connectivity index (χ0v) is 19.9. The molecule has 9 nitrogen and oxygen atoms in total. The molecule has 0 aromatic heterocycles. The molecule has 0 bridgehead atoms. The van der Waals surface area contributed by atoms with Crippen LogP contribution in [0.15, 0.2) is 42.5 Å². The molecule has 9 heteroatoms. The van der Waals surface area contributed by atoms with E-state index in [4.69, 9.17) is 4.74 Å². The van der Waals surface area contributed by atoms with Crippen LogP contribution in [-0.4, -0.2) is 73.3 Å². The summed E-state index contributed by atoms with van der Waals surface area (Å²) in [6.45, 7) is 1.62. The van der Waals surface area contributed by atoms with E-state index in [1.807, 2.05) is 24.3 Å². The Hall–Kier alpha value is -3.88. The van der Waals surface area contributed by atoms with E-state index in [0.29, 0.717) is 42.9 Å². The third-order valence-electron chi connectivity index (χ3n) is 6.77. The summed E-state index contributed by atoms with van der Waals surface area (Å²) >= 11 is 0. The smallest absolute Gasteiger partial charge is 0.268 e. The zero-order valence-electron chi connectivity index (χ0n) is 19.9. The van der Waals surface area contributed by atoms with Gasteiger partial charge in [0.1, 0.15) is 12.3 Å². The van der Waals surface area contributed by atoms with Crippen molar-refractivity contribution in [2.75, 3.05) is 43.5 Å². The summed E-state index contributed by atoms with van der Waals surface area (Å²) in [7, 11) is 3.32. The Bertz CT molecular complexity index is 1190. The van der Waals surface area contributed by atoms with Crippen LogP contribution in [-0.2, 0) is 20.9 Å². The van der Waals surface area contributed by atoms with Crippen molar-refractivity contribution in [2.24, 2.45) is 0 Å². The number of likely N-dealkylation sites (N-methyl/N-ethyl adjacent to an activating group) is 1. The highest BCUT2D eigenvalue weighted by Crippen LogP contribution is 2.31. The van der Waals surface area contributed by atoms with Gasteiger partial charge in [0.05, 0.1) is 0 Å². The molecule has 5 rings (SSSR count). The molecule has 0 aliphatic carbocycles. The van der Waals surface area contributed by atoms with Crippen molar-refractivity contribution in [3.8, 4) is 5.75 Å². The van der Waals surface area contributed by atoms with Crippen molar-refractivity contribution in [1.29, 1.82) is 0 Å². The summed E-state index contributed by atoms with van der Waals surface area (Å²) < 4.78 is 5.97. The lowest BCUT2D eigenvalue weighted by atomic mass is 10.1. The Balaban J connectivity index is 1.24. The lowest BCUT2D eigenvalue weighted by molar-refractivity contribution is -0.129. The predicted octanol–water partition coefficient (Wildman–Crippen LogP) is 2.04. The van der Waals surface area contributed by atoms with Crippen molar-refractivity contribution < 1.29 is 23.9 Å². The van der Waals surface area contributed by atoms with Crippen molar-refractivity contribution in [3.05, 3.63) is 53.6 Å². The maximum absolute atomic E-state index is 13.1. The lowest BCUT2D eigenvalue weighted by Gasteiger charge is -2.19. The minimum atomic E-state index is -0.618. The Morgan fingerprint density at radius 3 is 2.43 bits per heavy atom. The highest BCUT2D eigenvalue weighted by Gasteiger charge is 2.36. The van der Waals surface area contributed by atoms with Crippen molar-refractivity contribution in [1.82, 2.24) is 9.80 Å². The van der Waals surface area contributed by atoms with Crippen LogP contribution in [0.2, 0.25) is 0 Å². The predicted molar refractivity (Wildman–Crippen MR) is 129 cm³/mol. The van der Waals surface area contributed by atoms with E-state index in [2.05, 4.69) is 0 Å². The third kappa shape index (κ3) is 4.34. The van der Waals surface area contributed by atoms with E-state index < -0.39 is 6.10 Å². The largest absolute Gasteiger partial charge is 0.481 e. The molecule has 182 valence electrons. The minimum Gasteiger partial charge on any atom is -0.481 e. The normalized spacial score (nSPS) is 19.5. The molecule has 2 aromatic rings. The maximum Gasteiger partial charge on any atom is 0.268 e. The molecule has 3 aliphatic heterocycles. The van der Waals surface area contributed by atoms with E-state index in [1.54, 1.807) is 42.1 Å². The average molecular weight is 477 g/mol. The zero-order chi connectivity index (χ0) is 24.7. The molecule has 3 heterocycles. The van der Waals surface area contributed by atoms with Crippen LogP contribution in [0.5, 0.6) is 5.75 Å². The van der Waals surface area contributed by atoms with Gasteiger partial charge in [-0.15, -0.1) is 0 Å². The molecule has 2 saturated heterocycles. The molecular weight excluding hydrogens is 448 g/mol. The van der Waals surface area contributed by atoms with Crippen LogP contribution in [0.1, 0.15) is 35.2 Å². The summed E-state index contributed by atoms with van der Waals surface area (Å²) in [6, 6.07) is 12.7. The minimum absolute atomic E-state index is 0.0269. The van der Waals surface area contributed by atoms with Gasteiger partial charge in [0.15, 0.2) is 6.10 Å². The first-order chi connectivity index (χ1) is 16.8. The number of carbonyl (C=O) groups is 4. The lowest BCUT2D eigenvalue weighted by Crippen LogP contribution is -2.36. The highest BCUT2D eigenvalue weighted by molar-refractivity contribution is 6.04. The summed E-state index contributed by atoms with van der Waals surface area (Å²) in [6.07, 6.45) is 1.35. The molecule has 4 amide bonds. The Morgan fingerprint density at radius 2 is 1.74 bits per heavy atom. The van der Waals surface area contributed by atoms with Gasteiger partial charge in [0, 0.05) is 63.5 Å². The quantitative estimate of drug-likeness (QED) is 0.637. The molecule has 1 atom stereocenters. The van der Waals surface area contributed by atoms with Crippen molar-refractivity contribution in [2.45, 2.75) is 31.9 Å². The van der Waals surface area contributed by atoms with E-state index in [0.717, 1.165) is 24.2 Å². The number of hydrogen-bond acceptors (Lipinski definition) is 5. The third-order valence-corrected chi connectivity index (χ3v) is 6.77. The number of anilines is 2. The molecule has 35 heavy (non-hydrogen) atoms. The van der Waals surface area contributed by atoms with E-state index in [-0.39, 0.29) is 30.2 Å². The van der Waals surface area contributed by atoms with Gasteiger partial charge in [-0.25, -0.2) is 0 Å². The highest BCUT2D eigenvalue weighted by atomic mass is 16.5. The monoisotopic (exact) mass is 476 g/mol. The van der Waals surface area contributed by atoms with Crippen LogP contribution in [0.3, 0.4) is 0 Å². The van der Waals surface area contributed by atoms with Crippen LogP contribution in [0.4, 0.5) is 11.4 Å². The standard InChI is InChI=1S/C26H28N4O5/c1-27(2)24(32)16-28-15-17-5-6-19(14-21(17)25(28)33)30-13-11-22(26(30)34)35-20-9-7-18(8-10-20)29-12-3-4-23(29)31/h5-10,14,22H,3-4,11-13,15-16H2,1-2H3. The van der Waals surface area contributed by atoms with Crippen molar-refractivity contribution >= 4 is 35.0 Å². The van der Waals surface area contributed by atoms with Gasteiger partial charge in [-0.1, -0.05) is 6.07 Å². The molecule has 2 aromatic carbocycles. The SMILES string of the molecule is CN(C)C(=O)CN1Cc2ccc(N3CCC(Oc4ccc(N5CCCC5=O)cc4)C3=O)cc2C1=O. The van der Waals surface area contributed by atoms with E-state index in [9.17, 15) is 19.2 Å². The molecule has 1 unspecified atom stereocenters. The molecular formula is C26H28N4O5. The summed E-state index contributed by atoms with van der Waals surface area (Å²) in [5, 5.41) is 0. The maximum atomic E-state index is 13.1. The van der Waals surface area contributed by atoms with Gasteiger partial charge in [0.25, 0.3) is 11.8 Å². The second-order valence-corrected chi connectivity index (χ2v) is 9.32. The van der Waals surface area contributed by atoms with Crippen molar-refractivity contribution in [3.63, 3.8) is 0 Å². The fraction of sp³-hybridized carbons (Fsp3) is 0.385. The number of rotatable bonds is 6. The molecule has 2 fully saturated rings. The van der Waals surface area contributed by atoms with Crippen LogP contribution >= 0.6 is 0 Å². The first kappa shape index (κ1) is 22.9. The Labute approximate surface area is 203 Å². The first-order valence-corrected chi connectivity index (χ1v) is 11.8. The van der Waals surface area contributed by atoms with Crippen LogP contribution in [0, 0.1) is 0 Å². The summed E-state index contributed by atoms with van der Waals surface area (Å²) in [4.78, 5) is 56.3. The number of carbonyl (C=O) groups excluding carboxylic acids is 4. The van der Waals surface area contributed by atoms with Crippen LogP contribution < -0.4 is 14.5 Å². The van der Waals surface area contributed by atoms with Gasteiger partial charge in [-0.2, -0.15) is 0 Å². The number of benzene rings is 2. The average Bonchev–Trinajstić information content (AvgIpc) is 3.52. The van der Waals surface area contributed by atoms with Crippen LogP contribution in [0.25, 0.3) is 0 Å². The number of ether oxygens (including phenoxy) is 1. The fourth-order valence-corrected chi connectivity index (χ4v) is 4.76. The Kier molecular flexibility index (Phi) is 5.92. The number of nitrogens with zero attached hydrogens (tertiary/aromatic N) is 4. The molecule has 3 aliphatic rings. The molecule has 0 spiro atoms. The molecule has 0 saturated carbocycles.